The maximum Gasteiger partial charge on any atom is 0.227 e. The first-order valence-corrected chi connectivity index (χ1v) is 7.21. The summed E-state index contributed by atoms with van der Waals surface area (Å²) in [6, 6.07) is 19.7. The third kappa shape index (κ3) is 3.09. The fraction of sp³-hybridized carbons (Fsp3) is 0.105. The lowest BCUT2D eigenvalue weighted by Gasteiger charge is -2.25. The van der Waals surface area contributed by atoms with E-state index in [1.807, 2.05) is 54.6 Å². The number of carbonyl (C=O) groups excluding carboxylic acids is 1. The summed E-state index contributed by atoms with van der Waals surface area (Å²) >= 11 is 0. The summed E-state index contributed by atoms with van der Waals surface area (Å²) < 4.78 is 6.02. The van der Waals surface area contributed by atoms with Crippen LogP contribution in [0.5, 0.6) is 5.75 Å². The number of hydrogen-bond donors (Lipinski definition) is 0. The number of hydrogen-bond acceptors (Lipinski definition) is 2. The molecule has 0 saturated heterocycles. The van der Waals surface area contributed by atoms with Crippen molar-refractivity contribution < 1.29 is 9.53 Å². The molecule has 2 aromatic rings. The SMILES string of the molecule is CC(=O)N1C=CC(c2ccccc2)C(Oc2ccccc2)=C1. The molecule has 0 radical (unpaired) electrons. The number of nitrogens with zero attached hydrogens (tertiary/aromatic N) is 1. The Bertz CT molecular complexity index is 705. The minimum atomic E-state index is -0.0445. The Morgan fingerprint density at radius 1 is 1.00 bits per heavy atom. The first kappa shape index (κ1) is 14.1. The van der Waals surface area contributed by atoms with Crippen LogP contribution in [0.3, 0.4) is 0 Å². The van der Waals surface area contributed by atoms with Crippen LogP contribution in [-0.4, -0.2) is 10.8 Å². The minimum absolute atomic E-state index is 0.00277. The van der Waals surface area contributed by atoms with E-state index >= 15 is 0 Å². The number of rotatable bonds is 3. The van der Waals surface area contributed by atoms with Gasteiger partial charge in [0.1, 0.15) is 11.5 Å². The second kappa shape index (κ2) is 6.31. The number of amides is 1. The smallest absolute Gasteiger partial charge is 0.227 e. The normalized spacial score (nSPS) is 17.0. The summed E-state index contributed by atoms with van der Waals surface area (Å²) in [6.45, 7) is 1.53. The van der Waals surface area contributed by atoms with Crippen molar-refractivity contribution in [3.8, 4) is 5.75 Å². The molecular formula is C19H17NO2. The lowest BCUT2D eigenvalue weighted by molar-refractivity contribution is -0.124. The molecule has 3 heteroatoms. The van der Waals surface area contributed by atoms with Crippen LogP contribution in [0.1, 0.15) is 18.4 Å². The molecule has 1 heterocycles. The van der Waals surface area contributed by atoms with Gasteiger partial charge >= 0.3 is 0 Å². The number of allylic oxidation sites excluding steroid dienone is 1. The van der Waals surface area contributed by atoms with Crippen LogP contribution in [0.25, 0.3) is 0 Å². The maximum absolute atomic E-state index is 11.6. The average molecular weight is 291 g/mol. The maximum atomic E-state index is 11.6. The topological polar surface area (TPSA) is 29.5 Å². The summed E-state index contributed by atoms with van der Waals surface area (Å²) in [5, 5.41) is 0. The molecule has 1 aliphatic rings. The lowest BCUT2D eigenvalue weighted by Crippen LogP contribution is -2.23. The second-order valence-corrected chi connectivity index (χ2v) is 5.10. The van der Waals surface area contributed by atoms with E-state index in [0.29, 0.717) is 0 Å². The summed E-state index contributed by atoms with van der Waals surface area (Å²) in [6.07, 6.45) is 5.53. The molecule has 0 spiro atoms. The van der Waals surface area contributed by atoms with E-state index in [9.17, 15) is 4.79 Å². The van der Waals surface area contributed by atoms with Gasteiger partial charge in [0, 0.05) is 13.1 Å². The van der Waals surface area contributed by atoms with E-state index in [-0.39, 0.29) is 11.8 Å². The van der Waals surface area contributed by atoms with Crippen LogP contribution >= 0.6 is 0 Å². The Morgan fingerprint density at radius 2 is 1.64 bits per heavy atom. The second-order valence-electron chi connectivity index (χ2n) is 5.10. The van der Waals surface area contributed by atoms with Crippen LogP contribution in [0.15, 0.2) is 84.9 Å². The molecule has 0 N–H and O–H groups in total. The van der Waals surface area contributed by atoms with E-state index in [2.05, 4.69) is 12.1 Å². The predicted octanol–water partition coefficient (Wildman–Crippen LogP) is 4.07. The van der Waals surface area contributed by atoms with Gasteiger partial charge in [-0.05, 0) is 17.7 Å². The van der Waals surface area contributed by atoms with Gasteiger partial charge in [-0.1, -0.05) is 54.6 Å². The van der Waals surface area contributed by atoms with E-state index in [0.717, 1.165) is 17.1 Å². The molecule has 1 atom stereocenters. The molecule has 110 valence electrons. The van der Waals surface area contributed by atoms with Gasteiger partial charge in [-0.15, -0.1) is 0 Å². The van der Waals surface area contributed by atoms with Gasteiger partial charge in [0.05, 0.1) is 12.1 Å². The summed E-state index contributed by atoms with van der Waals surface area (Å²) in [5.74, 6) is 1.44. The van der Waals surface area contributed by atoms with Gasteiger partial charge in [0.15, 0.2) is 0 Å². The predicted molar refractivity (Wildman–Crippen MR) is 86.0 cm³/mol. The van der Waals surface area contributed by atoms with Crippen molar-refractivity contribution in [1.82, 2.24) is 4.90 Å². The fourth-order valence-corrected chi connectivity index (χ4v) is 2.38. The third-order valence-electron chi connectivity index (χ3n) is 3.51. The highest BCUT2D eigenvalue weighted by atomic mass is 16.5. The number of ether oxygens (including phenoxy) is 1. The van der Waals surface area contributed by atoms with Crippen molar-refractivity contribution >= 4 is 5.91 Å². The van der Waals surface area contributed by atoms with Crippen LogP contribution < -0.4 is 4.74 Å². The number of para-hydroxylation sites is 1. The number of benzene rings is 2. The molecule has 1 aliphatic heterocycles. The zero-order valence-corrected chi connectivity index (χ0v) is 12.3. The zero-order chi connectivity index (χ0) is 15.4. The Hall–Kier alpha value is -2.81. The average Bonchev–Trinajstić information content (AvgIpc) is 2.56. The minimum Gasteiger partial charge on any atom is -0.459 e. The van der Waals surface area contributed by atoms with Gasteiger partial charge in [0.2, 0.25) is 5.91 Å². The molecule has 0 aliphatic carbocycles. The van der Waals surface area contributed by atoms with Gasteiger partial charge < -0.3 is 4.74 Å². The molecule has 22 heavy (non-hydrogen) atoms. The molecule has 3 nitrogen and oxygen atoms in total. The third-order valence-corrected chi connectivity index (χ3v) is 3.51. The van der Waals surface area contributed by atoms with Gasteiger partial charge in [-0.2, -0.15) is 0 Å². The largest absolute Gasteiger partial charge is 0.459 e. The molecule has 0 saturated carbocycles. The van der Waals surface area contributed by atoms with E-state index in [1.54, 1.807) is 12.4 Å². The van der Waals surface area contributed by atoms with E-state index < -0.39 is 0 Å². The van der Waals surface area contributed by atoms with Gasteiger partial charge in [-0.25, -0.2) is 0 Å². The zero-order valence-electron chi connectivity index (χ0n) is 12.3. The van der Waals surface area contributed by atoms with Gasteiger partial charge in [-0.3, -0.25) is 9.69 Å². The quantitative estimate of drug-likeness (QED) is 0.853. The van der Waals surface area contributed by atoms with Crippen molar-refractivity contribution in [3.63, 3.8) is 0 Å². The van der Waals surface area contributed by atoms with Crippen molar-refractivity contribution in [2.75, 3.05) is 0 Å². The highest BCUT2D eigenvalue weighted by Gasteiger charge is 2.22. The summed E-state index contributed by atoms with van der Waals surface area (Å²) in [7, 11) is 0. The summed E-state index contributed by atoms with van der Waals surface area (Å²) in [4.78, 5) is 13.2. The highest BCUT2D eigenvalue weighted by Crippen LogP contribution is 2.31. The van der Waals surface area contributed by atoms with Crippen molar-refractivity contribution in [3.05, 3.63) is 90.5 Å². The van der Waals surface area contributed by atoms with Crippen LogP contribution in [-0.2, 0) is 4.79 Å². The molecule has 0 fully saturated rings. The van der Waals surface area contributed by atoms with Crippen molar-refractivity contribution in [1.29, 1.82) is 0 Å². The number of carbonyl (C=O) groups is 1. The van der Waals surface area contributed by atoms with Crippen LogP contribution in [0.4, 0.5) is 0 Å². The summed E-state index contributed by atoms with van der Waals surface area (Å²) in [5.41, 5.74) is 1.13. The van der Waals surface area contributed by atoms with Crippen molar-refractivity contribution in [2.24, 2.45) is 0 Å². The molecule has 1 unspecified atom stereocenters. The Balaban J connectivity index is 1.93. The van der Waals surface area contributed by atoms with Crippen LogP contribution in [0, 0.1) is 0 Å². The molecule has 0 aromatic heterocycles. The molecule has 3 rings (SSSR count). The first-order chi connectivity index (χ1) is 10.7. The molecule has 0 bridgehead atoms. The monoisotopic (exact) mass is 291 g/mol. The molecule has 1 amide bonds. The lowest BCUT2D eigenvalue weighted by atomic mass is 9.95. The Morgan fingerprint density at radius 3 is 2.27 bits per heavy atom. The molecular weight excluding hydrogens is 274 g/mol. The fourth-order valence-electron chi connectivity index (χ4n) is 2.38. The van der Waals surface area contributed by atoms with Crippen molar-refractivity contribution in [2.45, 2.75) is 12.8 Å². The first-order valence-electron chi connectivity index (χ1n) is 7.21. The standard InChI is InChI=1S/C19H17NO2/c1-15(21)20-13-12-18(16-8-4-2-5-9-16)19(14-20)22-17-10-6-3-7-11-17/h2-14,18H,1H3. The van der Waals surface area contributed by atoms with Crippen LogP contribution in [0.2, 0.25) is 0 Å². The van der Waals surface area contributed by atoms with E-state index in [1.165, 1.54) is 11.8 Å². The molecule has 2 aromatic carbocycles. The highest BCUT2D eigenvalue weighted by molar-refractivity contribution is 5.76. The van der Waals surface area contributed by atoms with Gasteiger partial charge in [0.25, 0.3) is 0 Å². The Kier molecular flexibility index (Phi) is 4.05. The van der Waals surface area contributed by atoms with E-state index in [4.69, 9.17) is 4.74 Å². The Labute approximate surface area is 130 Å².